The summed E-state index contributed by atoms with van der Waals surface area (Å²) in [5, 5.41) is 11.2. The van der Waals surface area contributed by atoms with Gasteiger partial charge in [0.1, 0.15) is 0 Å². The predicted octanol–water partition coefficient (Wildman–Crippen LogP) is 31.4. The fourth-order valence-electron chi connectivity index (χ4n) is 14.3. The molecular formula is C110H104N4. The van der Waals surface area contributed by atoms with Gasteiger partial charge in [0.2, 0.25) is 0 Å². The van der Waals surface area contributed by atoms with Crippen LogP contribution in [0.2, 0.25) is 0 Å². The molecule has 0 radical (unpaired) electrons. The minimum absolute atomic E-state index is 0.572. The zero-order valence-electron chi connectivity index (χ0n) is 68.0. The van der Waals surface area contributed by atoms with Gasteiger partial charge in [-0.25, -0.2) is 0 Å². The van der Waals surface area contributed by atoms with Crippen LogP contribution in [0.3, 0.4) is 0 Å². The van der Waals surface area contributed by atoms with Gasteiger partial charge in [0.15, 0.2) is 0 Å². The SMILES string of the molecule is CC(C)c1ccc(-c2ccc3ccccc3c2)cc1.CC(C)c1ccc(-c2ccc3cccnc3c2)cc1.CC(C)c1ccc(-c2ccc3ccncc3c2)cc1.CC(C)c1ccc(-c2ccc3ncccc3c2)cc1.CC(C)c1ccc(-c2cccc3ccccc23)cc1.CC(C)c1ccc(-c2cccc3ncccc23)cc1. The number of fused-ring (bicyclic) bond motifs is 6. The Morgan fingerprint density at radius 3 is 0.974 bits per heavy atom. The van der Waals surface area contributed by atoms with Gasteiger partial charge in [0.25, 0.3) is 0 Å². The molecule has 18 aromatic rings. The molecule has 0 N–H and O–H groups in total. The number of hydrogen-bond acceptors (Lipinski definition) is 4. The van der Waals surface area contributed by atoms with Crippen molar-refractivity contribution in [1.29, 1.82) is 0 Å². The summed E-state index contributed by atoms with van der Waals surface area (Å²) in [4.78, 5) is 17.4. The lowest BCUT2D eigenvalue weighted by Crippen LogP contribution is -1.87. The van der Waals surface area contributed by atoms with Crippen LogP contribution in [0.5, 0.6) is 0 Å². The largest absolute Gasteiger partial charge is 0.264 e. The third-order valence-corrected chi connectivity index (χ3v) is 21.5. The summed E-state index contributed by atoms with van der Waals surface area (Å²) in [6.45, 7) is 26.7. The summed E-state index contributed by atoms with van der Waals surface area (Å²) in [6, 6.07) is 123. The van der Waals surface area contributed by atoms with Gasteiger partial charge in [-0.1, -0.05) is 368 Å². The highest BCUT2D eigenvalue weighted by molar-refractivity contribution is 5.97. The molecule has 4 aromatic heterocycles. The lowest BCUT2D eigenvalue weighted by atomic mass is 9.95. The Morgan fingerprint density at radius 2 is 0.491 bits per heavy atom. The van der Waals surface area contributed by atoms with Crippen molar-refractivity contribution in [2.24, 2.45) is 0 Å². The summed E-state index contributed by atoms with van der Waals surface area (Å²) in [6.07, 6.45) is 9.27. The van der Waals surface area contributed by atoms with Gasteiger partial charge in [-0.05, 0) is 223 Å². The maximum atomic E-state index is 4.41. The molecule has 18 rings (SSSR count). The van der Waals surface area contributed by atoms with Gasteiger partial charge in [0.05, 0.1) is 16.6 Å². The molecule has 0 aliphatic rings. The van der Waals surface area contributed by atoms with Crippen molar-refractivity contribution >= 4 is 65.0 Å². The highest BCUT2D eigenvalue weighted by atomic mass is 14.7. The smallest absolute Gasteiger partial charge is 0.0708 e. The van der Waals surface area contributed by atoms with Gasteiger partial charge < -0.3 is 0 Å². The van der Waals surface area contributed by atoms with E-state index in [2.05, 4.69) is 425 Å². The number of pyridine rings is 4. The number of aromatic nitrogens is 4. The zero-order valence-corrected chi connectivity index (χ0v) is 68.0. The summed E-state index contributed by atoms with van der Waals surface area (Å²) in [5.74, 6) is 3.48. The van der Waals surface area contributed by atoms with Gasteiger partial charge in [0, 0.05) is 52.5 Å². The second-order valence-corrected chi connectivity index (χ2v) is 31.4. The van der Waals surface area contributed by atoms with Crippen molar-refractivity contribution in [3.05, 3.63) is 410 Å². The minimum atomic E-state index is 0.572. The number of rotatable bonds is 12. The highest BCUT2D eigenvalue weighted by Crippen LogP contribution is 2.35. The van der Waals surface area contributed by atoms with Crippen LogP contribution < -0.4 is 0 Å². The van der Waals surface area contributed by atoms with E-state index in [0.29, 0.717) is 35.5 Å². The summed E-state index contributed by atoms with van der Waals surface area (Å²) in [5.41, 5.74) is 26.6. The zero-order chi connectivity index (χ0) is 79.5. The van der Waals surface area contributed by atoms with E-state index in [1.807, 2.05) is 55.2 Å². The average molecular weight is 1480 g/mol. The minimum Gasteiger partial charge on any atom is -0.264 e. The molecule has 14 aromatic carbocycles. The quantitative estimate of drug-likeness (QED) is 0.122. The molecule has 0 aliphatic heterocycles. The first-order chi connectivity index (χ1) is 55.5. The first-order valence-corrected chi connectivity index (χ1v) is 40.4. The Hall–Kier alpha value is -12.8. The Bertz CT molecular complexity index is 5470. The molecule has 0 saturated heterocycles. The first kappa shape index (κ1) is 79.3. The van der Waals surface area contributed by atoms with Crippen molar-refractivity contribution in [3.8, 4) is 66.8 Å². The molecule has 0 unspecified atom stereocenters. The average Bonchev–Trinajstić information content (AvgIpc) is 0.817. The van der Waals surface area contributed by atoms with Crippen LogP contribution in [0.25, 0.3) is 132 Å². The van der Waals surface area contributed by atoms with Crippen LogP contribution >= 0.6 is 0 Å². The molecule has 4 nitrogen and oxygen atoms in total. The van der Waals surface area contributed by atoms with E-state index < -0.39 is 0 Å². The number of hydrogen-bond donors (Lipinski definition) is 0. The van der Waals surface area contributed by atoms with Crippen LogP contribution in [0.4, 0.5) is 0 Å². The second kappa shape index (κ2) is 38.0. The molecule has 4 heteroatoms. The molecule has 114 heavy (non-hydrogen) atoms. The topological polar surface area (TPSA) is 51.6 Å². The van der Waals surface area contributed by atoms with Crippen molar-refractivity contribution in [3.63, 3.8) is 0 Å². The summed E-state index contributed by atoms with van der Waals surface area (Å²) >= 11 is 0. The normalized spacial score (nSPS) is 11.1. The monoisotopic (exact) mass is 1480 g/mol. The van der Waals surface area contributed by atoms with Crippen LogP contribution in [-0.4, -0.2) is 19.9 Å². The molecule has 0 fully saturated rings. The maximum absolute atomic E-state index is 4.41. The Kier molecular flexibility index (Phi) is 26.4. The van der Waals surface area contributed by atoms with E-state index >= 15 is 0 Å². The van der Waals surface area contributed by atoms with E-state index in [1.54, 1.807) is 0 Å². The summed E-state index contributed by atoms with van der Waals surface area (Å²) in [7, 11) is 0. The maximum Gasteiger partial charge on any atom is 0.0708 e. The third-order valence-electron chi connectivity index (χ3n) is 21.5. The molecule has 0 amide bonds. The van der Waals surface area contributed by atoms with Crippen LogP contribution in [-0.2, 0) is 0 Å². The van der Waals surface area contributed by atoms with Gasteiger partial charge in [-0.15, -0.1) is 0 Å². The van der Waals surface area contributed by atoms with E-state index in [4.69, 9.17) is 0 Å². The Labute approximate surface area is 676 Å². The predicted molar refractivity (Wildman–Crippen MR) is 492 cm³/mol. The number of nitrogens with zero attached hydrogens (tertiary/aromatic N) is 4. The van der Waals surface area contributed by atoms with E-state index in [1.165, 1.54) is 149 Å². The van der Waals surface area contributed by atoms with Crippen molar-refractivity contribution in [1.82, 2.24) is 19.9 Å². The molecular weight excluding hydrogens is 1380 g/mol. The van der Waals surface area contributed by atoms with E-state index in [0.717, 1.165) is 16.6 Å². The molecule has 564 valence electrons. The fourth-order valence-corrected chi connectivity index (χ4v) is 14.3. The Balaban J connectivity index is 0.000000119. The fraction of sp³-hybridized carbons (Fsp3) is 0.164. The molecule has 4 heterocycles. The third kappa shape index (κ3) is 20.3. The summed E-state index contributed by atoms with van der Waals surface area (Å²) < 4.78 is 0. The van der Waals surface area contributed by atoms with Crippen molar-refractivity contribution < 1.29 is 0 Å². The molecule has 0 atom stereocenters. The Morgan fingerprint density at radius 1 is 0.175 bits per heavy atom. The lowest BCUT2D eigenvalue weighted by molar-refractivity contribution is 0.867. The van der Waals surface area contributed by atoms with Gasteiger partial charge in [-0.3, -0.25) is 19.9 Å². The molecule has 0 aliphatic carbocycles. The van der Waals surface area contributed by atoms with Crippen LogP contribution in [0, 0.1) is 0 Å². The van der Waals surface area contributed by atoms with Crippen LogP contribution in [0.1, 0.15) is 152 Å². The van der Waals surface area contributed by atoms with Gasteiger partial charge in [-0.2, -0.15) is 0 Å². The number of benzene rings is 14. The lowest BCUT2D eigenvalue weighted by Gasteiger charge is -2.09. The second-order valence-electron chi connectivity index (χ2n) is 31.4. The van der Waals surface area contributed by atoms with E-state index in [-0.39, 0.29) is 0 Å². The van der Waals surface area contributed by atoms with Gasteiger partial charge >= 0.3 is 0 Å². The first-order valence-electron chi connectivity index (χ1n) is 40.4. The molecule has 0 bridgehead atoms. The highest BCUT2D eigenvalue weighted by Gasteiger charge is 2.11. The van der Waals surface area contributed by atoms with Crippen molar-refractivity contribution in [2.75, 3.05) is 0 Å². The van der Waals surface area contributed by atoms with Crippen molar-refractivity contribution in [2.45, 2.75) is 119 Å². The van der Waals surface area contributed by atoms with E-state index in [9.17, 15) is 0 Å². The standard InChI is InChI=1S/2C19H18.4C18H17N/c1-14(2)15-10-12-17(13-11-15)19-9-5-7-16-6-3-4-8-18(16)19;1-14(2)15-7-9-17(10-8-15)19-12-11-16-5-3-4-6-18(16)13-19;1-13(2)14-3-5-15(6-4-14)17-8-7-16-9-10-19-12-18(16)11-17;1-13(2)14-8-10-15(11-9-14)16-5-3-7-18-17(16)6-4-12-19-18;1-13(2)14-5-7-15(8-6-14)16-9-10-18-17(12-16)4-3-11-19-18;1-13(2)14-5-7-15(8-6-14)17-10-9-16-4-3-11-19-18(16)12-17/h2*3-14H,1-2H3;4*3-13H,1-2H3. The molecule has 0 spiro atoms. The molecule has 0 saturated carbocycles. The van der Waals surface area contributed by atoms with Crippen LogP contribution in [0.15, 0.2) is 377 Å².